The molecular formula is C13H23N5O2. The Hall–Kier alpha value is -1.92. The summed E-state index contributed by atoms with van der Waals surface area (Å²) in [6, 6.07) is 0.0983. The average molecular weight is 281 g/mol. The van der Waals surface area contributed by atoms with Gasteiger partial charge in [-0.2, -0.15) is 4.98 Å². The first-order valence-corrected chi connectivity index (χ1v) is 6.86. The summed E-state index contributed by atoms with van der Waals surface area (Å²) in [6.45, 7) is 7.90. The molecule has 0 radical (unpaired) electrons. The van der Waals surface area contributed by atoms with Crippen molar-refractivity contribution in [1.29, 1.82) is 0 Å². The third-order valence-electron chi connectivity index (χ3n) is 3.06. The molecule has 1 atom stereocenters. The van der Waals surface area contributed by atoms with Crippen LogP contribution < -0.4 is 11.1 Å². The molecule has 1 aromatic rings. The van der Waals surface area contributed by atoms with Gasteiger partial charge in [0, 0.05) is 6.04 Å². The summed E-state index contributed by atoms with van der Waals surface area (Å²) < 4.78 is 0. The Labute approximate surface area is 119 Å². The van der Waals surface area contributed by atoms with E-state index >= 15 is 0 Å². The van der Waals surface area contributed by atoms with Gasteiger partial charge in [0.2, 0.25) is 11.8 Å². The average Bonchev–Trinajstić information content (AvgIpc) is 2.26. The second-order valence-electron chi connectivity index (χ2n) is 5.49. The van der Waals surface area contributed by atoms with Crippen LogP contribution in [0.4, 0.5) is 17.5 Å². The molecule has 0 aliphatic rings. The van der Waals surface area contributed by atoms with Gasteiger partial charge in [0.1, 0.15) is 5.69 Å². The first-order valence-electron chi connectivity index (χ1n) is 6.86. The van der Waals surface area contributed by atoms with Crippen LogP contribution in [0.15, 0.2) is 0 Å². The van der Waals surface area contributed by atoms with Gasteiger partial charge in [-0.25, -0.2) is 4.98 Å². The van der Waals surface area contributed by atoms with Crippen LogP contribution in [0.1, 0.15) is 45.7 Å². The Bertz CT molecular complexity index is 476. The van der Waals surface area contributed by atoms with Crippen molar-refractivity contribution in [3.63, 3.8) is 0 Å². The number of nitrogens with zero attached hydrogens (tertiary/aromatic N) is 3. The van der Waals surface area contributed by atoms with Crippen molar-refractivity contribution < 1.29 is 4.92 Å². The molecule has 0 aliphatic heterocycles. The van der Waals surface area contributed by atoms with Crippen molar-refractivity contribution >= 4 is 17.5 Å². The lowest BCUT2D eigenvalue weighted by atomic mass is 10.0. The zero-order valence-corrected chi connectivity index (χ0v) is 12.5. The number of anilines is 2. The minimum absolute atomic E-state index is 0.0463. The molecule has 0 fully saturated rings. The highest BCUT2D eigenvalue weighted by atomic mass is 16.6. The van der Waals surface area contributed by atoms with E-state index in [-0.39, 0.29) is 29.2 Å². The number of nitrogens with two attached hydrogens (primary N) is 1. The molecule has 7 heteroatoms. The van der Waals surface area contributed by atoms with Crippen LogP contribution in [-0.2, 0) is 0 Å². The minimum atomic E-state index is -0.474. The van der Waals surface area contributed by atoms with E-state index in [1.54, 1.807) is 6.92 Å². The van der Waals surface area contributed by atoms with Gasteiger partial charge in [-0.1, -0.05) is 26.7 Å². The first-order chi connectivity index (χ1) is 9.31. The standard InChI is InChI=1S/C13H23N5O2/c1-8(2)6-5-7-9(3)15-12-11(18(19)20)10(4)16-13(14)17-12/h8-9H,5-7H2,1-4H3,(H3,14,15,16,17). The topological polar surface area (TPSA) is 107 Å². The SMILES string of the molecule is Cc1nc(N)nc(NC(C)CCCC(C)C)c1[N+](=O)[O-]. The van der Waals surface area contributed by atoms with Crippen molar-refractivity contribution in [2.45, 2.75) is 53.0 Å². The van der Waals surface area contributed by atoms with E-state index in [0.717, 1.165) is 19.3 Å². The van der Waals surface area contributed by atoms with Gasteiger partial charge in [-0.3, -0.25) is 10.1 Å². The molecule has 0 spiro atoms. The van der Waals surface area contributed by atoms with E-state index in [0.29, 0.717) is 5.92 Å². The number of nitrogen functional groups attached to an aromatic ring is 1. The fourth-order valence-electron chi connectivity index (χ4n) is 2.05. The second-order valence-corrected chi connectivity index (χ2v) is 5.49. The van der Waals surface area contributed by atoms with Crippen LogP contribution in [0.3, 0.4) is 0 Å². The molecule has 0 bridgehead atoms. The van der Waals surface area contributed by atoms with Crippen molar-refractivity contribution in [2.24, 2.45) is 5.92 Å². The van der Waals surface area contributed by atoms with Gasteiger partial charge in [-0.15, -0.1) is 0 Å². The molecule has 0 amide bonds. The number of hydrogen-bond acceptors (Lipinski definition) is 6. The van der Waals surface area contributed by atoms with Crippen molar-refractivity contribution in [3.05, 3.63) is 15.8 Å². The summed E-state index contributed by atoms with van der Waals surface area (Å²) >= 11 is 0. The Kier molecular flexibility index (Phi) is 5.66. The number of aryl methyl sites for hydroxylation is 1. The van der Waals surface area contributed by atoms with E-state index in [1.807, 2.05) is 6.92 Å². The predicted octanol–water partition coefficient (Wildman–Crippen LogP) is 2.90. The highest BCUT2D eigenvalue weighted by molar-refractivity contribution is 5.60. The Morgan fingerprint density at radius 3 is 2.50 bits per heavy atom. The maximum Gasteiger partial charge on any atom is 0.332 e. The predicted molar refractivity (Wildman–Crippen MR) is 79.6 cm³/mol. The number of rotatable bonds is 7. The lowest BCUT2D eigenvalue weighted by Gasteiger charge is -2.15. The van der Waals surface area contributed by atoms with Crippen molar-refractivity contribution in [3.8, 4) is 0 Å². The Morgan fingerprint density at radius 2 is 1.95 bits per heavy atom. The Morgan fingerprint density at radius 1 is 1.30 bits per heavy atom. The van der Waals surface area contributed by atoms with Gasteiger partial charge >= 0.3 is 5.69 Å². The normalized spacial score (nSPS) is 12.4. The van der Waals surface area contributed by atoms with Crippen molar-refractivity contribution in [1.82, 2.24) is 9.97 Å². The molecule has 0 saturated carbocycles. The lowest BCUT2D eigenvalue weighted by molar-refractivity contribution is -0.385. The second kappa shape index (κ2) is 7.02. The smallest absolute Gasteiger partial charge is 0.332 e. The van der Waals surface area contributed by atoms with Gasteiger partial charge in [-0.05, 0) is 26.2 Å². The summed E-state index contributed by atoms with van der Waals surface area (Å²) in [6.07, 6.45) is 3.14. The first kappa shape index (κ1) is 16.1. The van der Waals surface area contributed by atoms with E-state index in [9.17, 15) is 10.1 Å². The minimum Gasteiger partial charge on any atom is -0.368 e. The molecule has 0 saturated heterocycles. The fraction of sp³-hybridized carbons (Fsp3) is 0.692. The van der Waals surface area contributed by atoms with Crippen LogP contribution in [-0.4, -0.2) is 20.9 Å². The number of aromatic nitrogens is 2. The monoisotopic (exact) mass is 281 g/mol. The maximum atomic E-state index is 11.1. The van der Waals surface area contributed by atoms with Gasteiger partial charge < -0.3 is 11.1 Å². The van der Waals surface area contributed by atoms with Crippen LogP contribution in [0, 0.1) is 23.0 Å². The van der Waals surface area contributed by atoms with Crippen LogP contribution in [0.5, 0.6) is 0 Å². The van der Waals surface area contributed by atoms with Crippen LogP contribution in [0.2, 0.25) is 0 Å². The Balaban J connectivity index is 2.78. The quantitative estimate of drug-likeness (QED) is 0.587. The number of nitrogens with one attached hydrogen (secondary N) is 1. The highest BCUT2D eigenvalue weighted by Gasteiger charge is 2.22. The summed E-state index contributed by atoms with van der Waals surface area (Å²) in [7, 11) is 0. The third-order valence-corrected chi connectivity index (χ3v) is 3.06. The molecule has 1 unspecified atom stereocenters. The van der Waals surface area contributed by atoms with E-state index in [1.165, 1.54) is 0 Å². The highest BCUT2D eigenvalue weighted by Crippen LogP contribution is 2.26. The molecule has 0 aliphatic carbocycles. The van der Waals surface area contributed by atoms with Crippen LogP contribution >= 0.6 is 0 Å². The summed E-state index contributed by atoms with van der Waals surface area (Å²) in [4.78, 5) is 18.4. The molecule has 0 aromatic carbocycles. The van der Waals surface area contributed by atoms with Crippen molar-refractivity contribution in [2.75, 3.05) is 11.1 Å². The molecule has 20 heavy (non-hydrogen) atoms. The molecule has 1 aromatic heterocycles. The summed E-state index contributed by atoms with van der Waals surface area (Å²) in [5, 5.41) is 14.2. The zero-order chi connectivity index (χ0) is 15.3. The summed E-state index contributed by atoms with van der Waals surface area (Å²) in [5.41, 5.74) is 5.73. The summed E-state index contributed by atoms with van der Waals surface area (Å²) in [5.74, 6) is 0.913. The lowest BCUT2D eigenvalue weighted by Crippen LogP contribution is -2.18. The van der Waals surface area contributed by atoms with Crippen LogP contribution in [0.25, 0.3) is 0 Å². The number of nitro groups is 1. The molecule has 112 valence electrons. The maximum absolute atomic E-state index is 11.1. The van der Waals surface area contributed by atoms with Gasteiger partial charge in [0.15, 0.2) is 0 Å². The molecule has 1 heterocycles. The largest absolute Gasteiger partial charge is 0.368 e. The third kappa shape index (κ3) is 4.64. The molecule has 7 nitrogen and oxygen atoms in total. The van der Waals surface area contributed by atoms with E-state index in [4.69, 9.17) is 5.73 Å². The van der Waals surface area contributed by atoms with E-state index in [2.05, 4.69) is 29.1 Å². The zero-order valence-electron chi connectivity index (χ0n) is 12.5. The fourth-order valence-corrected chi connectivity index (χ4v) is 2.05. The van der Waals surface area contributed by atoms with Gasteiger partial charge in [0.05, 0.1) is 4.92 Å². The molecular weight excluding hydrogens is 258 g/mol. The van der Waals surface area contributed by atoms with Gasteiger partial charge in [0.25, 0.3) is 0 Å². The number of hydrogen-bond donors (Lipinski definition) is 2. The molecule has 3 N–H and O–H groups in total. The molecule has 1 rings (SSSR count). The van der Waals surface area contributed by atoms with E-state index < -0.39 is 4.92 Å².